The van der Waals surface area contributed by atoms with E-state index in [0.717, 1.165) is 61.5 Å². The number of rotatable bonds is 7. The highest BCUT2D eigenvalue weighted by Crippen LogP contribution is 2.27. The van der Waals surface area contributed by atoms with Gasteiger partial charge in [-0.05, 0) is 54.7 Å². The van der Waals surface area contributed by atoms with Crippen LogP contribution >= 0.6 is 11.6 Å². The molecular weight excluding hydrogens is 408 g/mol. The van der Waals surface area contributed by atoms with Crippen molar-refractivity contribution in [3.05, 3.63) is 76.7 Å². The van der Waals surface area contributed by atoms with Gasteiger partial charge in [-0.3, -0.25) is 4.90 Å². The minimum atomic E-state index is 0.123. The number of phenolic OH excluding ortho intramolecular Hbond substituents is 1. The molecule has 3 heterocycles. The monoisotopic (exact) mass is 434 g/mol. The third kappa shape index (κ3) is 4.74. The van der Waals surface area contributed by atoms with Gasteiger partial charge in [-0.15, -0.1) is 0 Å². The Morgan fingerprint density at radius 3 is 2.84 bits per heavy atom. The fourth-order valence-corrected chi connectivity index (χ4v) is 4.94. The molecule has 2 fully saturated rings. The predicted octanol–water partition coefficient (Wildman–Crippen LogP) is 4.22. The average molecular weight is 435 g/mol. The smallest absolute Gasteiger partial charge is 0.134 e. The largest absolute Gasteiger partial charge is 0.506 e. The van der Waals surface area contributed by atoms with E-state index >= 15 is 0 Å². The maximum Gasteiger partial charge on any atom is 0.134 e. The molecule has 0 spiro atoms. The van der Waals surface area contributed by atoms with Crippen LogP contribution in [0.1, 0.15) is 29.8 Å². The number of aryl methyl sites for hydroxylation is 2. The van der Waals surface area contributed by atoms with Gasteiger partial charge in [0.25, 0.3) is 0 Å². The van der Waals surface area contributed by atoms with Crippen molar-refractivity contribution in [3.8, 4) is 17.0 Å². The van der Waals surface area contributed by atoms with Gasteiger partial charge < -0.3 is 10.4 Å². The zero-order valence-corrected chi connectivity index (χ0v) is 18.2. The summed E-state index contributed by atoms with van der Waals surface area (Å²) in [5.41, 5.74) is 4.57. The molecule has 6 heteroatoms. The lowest BCUT2D eigenvalue weighted by molar-refractivity contribution is 0.218. The Kier molecular flexibility index (Phi) is 5.90. The van der Waals surface area contributed by atoms with Gasteiger partial charge in [0.05, 0.1) is 10.7 Å². The van der Waals surface area contributed by atoms with Crippen LogP contribution < -0.4 is 5.32 Å². The molecule has 0 aliphatic carbocycles. The van der Waals surface area contributed by atoms with Crippen LogP contribution in [0.15, 0.2) is 54.7 Å². The Morgan fingerprint density at radius 2 is 2.03 bits per heavy atom. The zero-order valence-electron chi connectivity index (χ0n) is 17.5. The summed E-state index contributed by atoms with van der Waals surface area (Å²) in [5, 5.41) is 13.5. The standard InChI is InChI=1S/C25H27ClN4O/c26-22-12-17(7-8-24(22)31)3-2-6-25-27-10-9-23(29-25)19-5-1-4-18(11-19)15-30-16-20-13-21(30)14-28-20/h1,4-5,7-12,20-21,28,31H,2-3,6,13-16H2. The summed E-state index contributed by atoms with van der Waals surface area (Å²) in [6, 6.07) is 17.5. The maximum absolute atomic E-state index is 9.55. The number of phenols is 1. The number of piperazine rings is 1. The van der Waals surface area contributed by atoms with Crippen LogP contribution in [0.5, 0.6) is 5.75 Å². The van der Waals surface area contributed by atoms with E-state index < -0.39 is 0 Å². The van der Waals surface area contributed by atoms with E-state index in [9.17, 15) is 5.11 Å². The SMILES string of the molecule is Oc1ccc(CCCc2nccc(-c3cccc(CN4CC5CC4CN5)c3)n2)cc1Cl. The highest BCUT2D eigenvalue weighted by atomic mass is 35.5. The van der Waals surface area contributed by atoms with Crippen molar-refractivity contribution in [2.75, 3.05) is 13.1 Å². The molecule has 5 rings (SSSR count). The number of hydrogen-bond donors (Lipinski definition) is 2. The first-order valence-corrected chi connectivity index (χ1v) is 11.4. The second-order valence-corrected chi connectivity index (χ2v) is 9.03. The van der Waals surface area contributed by atoms with Crippen molar-refractivity contribution >= 4 is 11.6 Å². The summed E-state index contributed by atoms with van der Waals surface area (Å²) in [4.78, 5) is 11.9. The van der Waals surface area contributed by atoms with Crippen molar-refractivity contribution in [2.45, 2.75) is 44.3 Å². The Labute approximate surface area is 188 Å². The number of nitrogens with one attached hydrogen (secondary N) is 1. The molecular formula is C25H27ClN4O. The average Bonchev–Trinajstić information content (AvgIpc) is 3.40. The molecule has 31 heavy (non-hydrogen) atoms. The number of halogens is 1. The lowest BCUT2D eigenvalue weighted by Crippen LogP contribution is -2.42. The van der Waals surface area contributed by atoms with Crippen LogP contribution in [-0.2, 0) is 19.4 Å². The third-order valence-electron chi connectivity index (χ3n) is 6.36. The molecule has 2 saturated heterocycles. The molecule has 0 amide bonds. The highest BCUT2D eigenvalue weighted by Gasteiger charge is 2.37. The fraction of sp³-hybridized carbons (Fsp3) is 0.360. The Balaban J connectivity index is 1.23. The van der Waals surface area contributed by atoms with E-state index in [-0.39, 0.29) is 5.75 Å². The van der Waals surface area contributed by atoms with Crippen LogP contribution in [0.2, 0.25) is 5.02 Å². The van der Waals surface area contributed by atoms with Crippen LogP contribution in [0.3, 0.4) is 0 Å². The molecule has 2 bridgehead atoms. The van der Waals surface area contributed by atoms with Crippen molar-refractivity contribution < 1.29 is 5.11 Å². The first-order valence-electron chi connectivity index (χ1n) is 11.0. The molecule has 0 radical (unpaired) electrons. The molecule has 5 nitrogen and oxygen atoms in total. The van der Waals surface area contributed by atoms with Crippen molar-refractivity contribution in [1.29, 1.82) is 0 Å². The number of nitrogens with zero attached hydrogens (tertiary/aromatic N) is 3. The molecule has 2 aliphatic rings. The van der Waals surface area contributed by atoms with Crippen LogP contribution in [0, 0.1) is 0 Å². The second-order valence-electron chi connectivity index (χ2n) is 8.62. The predicted molar refractivity (Wildman–Crippen MR) is 123 cm³/mol. The van der Waals surface area contributed by atoms with Gasteiger partial charge in [0.1, 0.15) is 11.6 Å². The maximum atomic E-state index is 9.55. The molecule has 0 saturated carbocycles. The lowest BCUT2D eigenvalue weighted by atomic mass is 10.1. The van der Waals surface area contributed by atoms with Crippen LogP contribution in [-0.4, -0.2) is 45.1 Å². The topological polar surface area (TPSA) is 61.3 Å². The lowest BCUT2D eigenvalue weighted by Gasteiger charge is -2.27. The number of hydrogen-bond acceptors (Lipinski definition) is 5. The van der Waals surface area contributed by atoms with Gasteiger partial charge >= 0.3 is 0 Å². The van der Waals surface area contributed by atoms with Crippen molar-refractivity contribution in [1.82, 2.24) is 20.2 Å². The Bertz CT molecular complexity index is 1070. The summed E-state index contributed by atoms with van der Waals surface area (Å²) in [6.07, 6.45) is 5.74. The molecule has 2 unspecified atom stereocenters. The van der Waals surface area contributed by atoms with E-state index in [4.69, 9.17) is 16.6 Å². The third-order valence-corrected chi connectivity index (χ3v) is 6.66. The Hall–Kier alpha value is -2.47. The molecule has 2 aliphatic heterocycles. The summed E-state index contributed by atoms with van der Waals surface area (Å²) >= 11 is 6.00. The van der Waals surface area contributed by atoms with E-state index in [1.165, 1.54) is 12.0 Å². The number of likely N-dealkylation sites (tertiary alicyclic amines) is 1. The van der Waals surface area contributed by atoms with E-state index in [1.807, 2.05) is 24.4 Å². The highest BCUT2D eigenvalue weighted by molar-refractivity contribution is 6.32. The van der Waals surface area contributed by atoms with Gasteiger partial charge in [0, 0.05) is 49.9 Å². The summed E-state index contributed by atoms with van der Waals surface area (Å²) < 4.78 is 0. The molecule has 2 atom stereocenters. The minimum absolute atomic E-state index is 0.123. The van der Waals surface area contributed by atoms with Crippen molar-refractivity contribution in [2.24, 2.45) is 0 Å². The minimum Gasteiger partial charge on any atom is -0.506 e. The van der Waals surface area contributed by atoms with E-state index in [1.54, 1.807) is 6.07 Å². The zero-order chi connectivity index (χ0) is 21.2. The van der Waals surface area contributed by atoms with Gasteiger partial charge in [-0.1, -0.05) is 35.9 Å². The van der Waals surface area contributed by atoms with Crippen LogP contribution in [0.25, 0.3) is 11.3 Å². The molecule has 2 N–H and O–H groups in total. The summed E-state index contributed by atoms with van der Waals surface area (Å²) in [5.74, 6) is 0.980. The van der Waals surface area contributed by atoms with E-state index in [0.29, 0.717) is 17.1 Å². The Morgan fingerprint density at radius 1 is 1.10 bits per heavy atom. The number of benzene rings is 2. The first-order chi connectivity index (χ1) is 15.1. The molecule has 3 aromatic rings. The van der Waals surface area contributed by atoms with Gasteiger partial charge in [0.2, 0.25) is 0 Å². The van der Waals surface area contributed by atoms with Gasteiger partial charge in [-0.2, -0.15) is 0 Å². The summed E-state index contributed by atoms with van der Waals surface area (Å²) in [6.45, 7) is 3.28. The quantitative estimate of drug-likeness (QED) is 0.582. The number of aromatic nitrogens is 2. The molecule has 160 valence electrons. The van der Waals surface area contributed by atoms with Gasteiger partial charge in [-0.25, -0.2) is 9.97 Å². The normalized spacial score (nSPS) is 20.4. The van der Waals surface area contributed by atoms with Gasteiger partial charge in [0.15, 0.2) is 0 Å². The molecule has 2 aromatic carbocycles. The number of aromatic hydroxyl groups is 1. The van der Waals surface area contributed by atoms with Crippen molar-refractivity contribution in [3.63, 3.8) is 0 Å². The molecule has 1 aromatic heterocycles. The fourth-order valence-electron chi connectivity index (χ4n) is 4.74. The van der Waals surface area contributed by atoms with Crippen LogP contribution in [0.4, 0.5) is 0 Å². The van der Waals surface area contributed by atoms with E-state index in [2.05, 4.69) is 39.5 Å². The summed E-state index contributed by atoms with van der Waals surface area (Å²) in [7, 11) is 0. The number of fused-ring (bicyclic) bond motifs is 2. The first kappa shape index (κ1) is 20.4. The second kappa shape index (κ2) is 8.95.